The van der Waals surface area contributed by atoms with Gasteiger partial charge >= 0.3 is 0 Å². The van der Waals surface area contributed by atoms with E-state index in [1.54, 1.807) is 0 Å². The Hall–Kier alpha value is -1.06. The van der Waals surface area contributed by atoms with Crippen molar-refractivity contribution in [3.05, 3.63) is 29.8 Å². The standard InChI is InChI=1S/C17H29NO2/c1-5-18(6-2)12-11-16(19)15-9-7-8-10-17(15)20-13-14(3)4/h7-10,14,16,19H,5-6,11-13H2,1-4H3. The second-order valence-corrected chi connectivity index (χ2v) is 5.57. The van der Waals surface area contributed by atoms with Crippen LogP contribution in [0.25, 0.3) is 0 Å². The minimum atomic E-state index is -0.459. The average Bonchev–Trinajstić information content (AvgIpc) is 2.46. The number of hydrogen-bond acceptors (Lipinski definition) is 3. The average molecular weight is 279 g/mol. The molecule has 0 aliphatic heterocycles. The van der Waals surface area contributed by atoms with E-state index in [0.29, 0.717) is 12.5 Å². The van der Waals surface area contributed by atoms with Gasteiger partial charge in [-0.3, -0.25) is 0 Å². The molecule has 1 unspecified atom stereocenters. The highest BCUT2D eigenvalue weighted by Gasteiger charge is 2.14. The maximum atomic E-state index is 10.4. The lowest BCUT2D eigenvalue weighted by Gasteiger charge is -2.21. The summed E-state index contributed by atoms with van der Waals surface area (Å²) in [7, 11) is 0. The fourth-order valence-corrected chi connectivity index (χ4v) is 2.14. The SMILES string of the molecule is CCN(CC)CCC(O)c1ccccc1OCC(C)C. The normalized spacial score (nSPS) is 12.9. The van der Waals surface area contributed by atoms with Crippen molar-refractivity contribution < 1.29 is 9.84 Å². The molecule has 1 aromatic rings. The predicted octanol–water partition coefficient (Wildman–Crippen LogP) is 3.49. The van der Waals surface area contributed by atoms with Crippen LogP contribution in [-0.4, -0.2) is 36.2 Å². The molecule has 0 amide bonds. The Balaban J connectivity index is 2.64. The van der Waals surface area contributed by atoms with Crippen molar-refractivity contribution in [2.24, 2.45) is 5.92 Å². The molecule has 1 N–H and O–H groups in total. The molecule has 0 radical (unpaired) electrons. The van der Waals surface area contributed by atoms with Gasteiger partial charge in [0.2, 0.25) is 0 Å². The summed E-state index contributed by atoms with van der Waals surface area (Å²) < 4.78 is 5.81. The van der Waals surface area contributed by atoms with Gasteiger partial charge in [-0.2, -0.15) is 0 Å². The van der Waals surface area contributed by atoms with Crippen LogP contribution in [0.4, 0.5) is 0 Å². The van der Waals surface area contributed by atoms with Gasteiger partial charge in [-0.15, -0.1) is 0 Å². The molecule has 0 fully saturated rings. The summed E-state index contributed by atoms with van der Waals surface area (Å²) in [6.07, 6.45) is 0.281. The van der Waals surface area contributed by atoms with E-state index in [1.165, 1.54) is 0 Å². The zero-order valence-corrected chi connectivity index (χ0v) is 13.3. The van der Waals surface area contributed by atoms with Crippen LogP contribution in [-0.2, 0) is 0 Å². The predicted molar refractivity (Wildman–Crippen MR) is 84.1 cm³/mol. The molecule has 0 aliphatic carbocycles. The van der Waals surface area contributed by atoms with Crippen molar-refractivity contribution in [3.63, 3.8) is 0 Å². The molecule has 114 valence electrons. The molecule has 0 heterocycles. The van der Waals surface area contributed by atoms with E-state index < -0.39 is 6.10 Å². The quantitative estimate of drug-likeness (QED) is 0.751. The van der Waals surface area contributed by atoms with Gasteiger partial charge in [0.15, 0.2) is 0 Å². The van der Waals surface area contributed by atoms with Crippen molar-refractivity contribution in [1.29, 1.82) is 0 Å². The highest BCUT2D eigenvalue weighted by atomic mass is 16.5. The lowest BCUT2D eigenvalue weighted by molar-refractivity contribution is 0.139. The molecule has 0 spiro atoms. The first-order valence-corrected chi connectivity index (χ1v) is 7.70. The van der Waals surface area contributed by atoms with Crippen LogP contribution in [0.15, 0.2) is 24.3 Å². The third kappa shape index (κ3) is 5.51. The Kier molecular flexibility index (Phi) is 7.63. The van der Waals surface area contributed by atoms with Crippen LogP contribution >= 0.6 is 0 Å². The van der Waals surface area contributed by atoms with E-state index in [0.717, 1.165) is 37.4 Å². The number of rotatable bonds is 9. The van der Waals surface area contributed by atoms with Crippen LogP contribution in [0.2, 0.25) is 0 Å². The third-order valence-corrected chi connectivity index (χ3v) is 3.46. The number of benzene rings is 1. The summed E-state index contributed by atoms with van der Waals surface area (Å²) in [4.78, 5) is 2.32. The van der Waals surface area contributed by atoms with Gasteiger partial charge in [-0.1, -0.05) is 45.9 Å². The van der Waals surface area contributed by atoms with E-state index in [2.05, 4.69) is 32.6 Å². The van der Waals surface area contributed by atoms with Crippen LogP contribution in [0, 0.1) is 5.92 Å². The largest absolute Gasteiger partial charge is 0.493 e. The number of ether oxygens (including phenoxy) is 1. The van der Waals surface area contributed by atoms with Gasteiger partial charge in [-0.25, -0.2) is 0 Å². The highest BCUT2D eigenvalue weighted by Crippen LogP contribution is 2.27. The van der Waals surface area contributed by atoms with Crippen molar-refractivity contribution in [1.82, 2.24) is 4.90 Å². The first-order valence-electron chi connectivity index (χ1n) is 7.70. The first-order chi connectivity index (χ1) is 9.58. The number of aliphatic hydroxyl groups is 1. The van der Waals surface area contributed by atoms with Crippen molar-refractivity contribution in [2.75, 3.05) is 26.2 Å². The molecule has 1 atom stereocenters. The molecular weight excluding hydrogens is 250 g/mol. The lowest BCUT2D eigenvalue weighted by Crippen LogP contribution is -2.25. The van der Waals surface area contributed by atoms with E-state index in [9.17, 15) is 5.11 Å². The molecule has 0 aromatic heterocycles. The monoisotopic (exact) mass is 279 g/mol. The van der Waals surface area contributed by atoms with Crippen LogP contribution in [0.3, 0.4) is 0 Å². The Morgan fingerprint density at radius 3 is 2.40 bits per heavy atom. The summed E-state index contributed by atoms with van der Waals surface area (Å²) in [6, 6.07) is 7.81. The number of hydrogen-bond donors (Lipinski definition) is 1. The maximum absolute atomic E-state index is 10.4. The van der Waals surface area contributed by atoms with E-state index in [1.807, 2.05) is 24.3 Å². The number of nitrogens with zero attached hydrogens (tertiary/aromatic N) is 1. The van der Waals surface area contributed by atoms with Gasteiger partial charge in [0.25, 0.3) is 0 Å². The Bertz CT molecular complexity index is 375. The highest BCUT2D eigenvalue weighted by molar-refractivity contribution is 5.35. The fourth-order valence-electron chi connectivity index (χ4n) is 2.14. The summed E-state index contributed by atoms with van der Waals surface area (Å²) >= 11 is 0. The van der Waals surface area contributed by atoms with Gasteiger partial charge in [-0.05, 0) is 31.5 Å². The summed E-state index contributed by atoms with van der Waals surface area (Å²) in [5.74, 6) is 1.30. The smallest absolute Gasteiger partial charge is 0.125 e. The molecule has 1 aromatic carbocycles. The molecule has 1 rings (SSSR count). The Morgan fingerprint density at radius 2 is 1.80 bits per heavy atom. The molecular formula is C17H29NO2. The van der Waals surface area contributed by atoms with Gasteiger partial charge in [0.1, 0.15) is 5.75 Å². The van der Waals surface area contributed by atoms with Gasteiger partial charge in [0, 0.05) is 12.1 Å². The van der Waals surface area contributed by atoms with E-state index in [-0.39, 0.29) is 0 Å². The van der Waals surface area contributed by atoms with Crippen LogP contribution in [0.5, 0.6) is 5.75 Å². The zero-order chi connectivity index (χ0) is 15.0. The van der Waals surface area contributed by atoms with Gasteiger partial charge < -0.3 is 14.7 Å². The third-order valence-electron chi connectivity index (χ3n) is 3.46. The van der Waals surface area contributed by atoms with Crippen LogP contribution in [0.1, 0.15) is 45.8 Å². The van der Waals surface area contributed by atoms with Crippen molar-refractivity contribution in [3.8, 4) is 5.75 Å². The number of aliphatic hydroxyl groups excluding tert-OH is 1. The maximum Gasteiger partial charge on any atom is 0.125 e. The number of para-hydroxylation sites is 1. The topological polar surface area (TPSA) is 32.7 Å². The second-order valence-electron chi connectivity index (χ2n) is 5.57. The summed E-state index contributed by atoms with van der Waals surface area (Å²) in [5, 5.41) is 10.4. The molecule has 0 saturated carbocycles. The van der Waals surface area contributed by atoms with Crippen LogP contribution < -0.4 is 4.74 Å². The fraction of sp³-hybridized carbons (Fsp3) is 0.647. The molecule has 3 heteroatoms. The lowest BCUT2D eigenvalue weighted by atomic mass is 10.1. The molecule has 0 saturated heterocycles. The molecule has 0 bridgehead atoms. The minimum absolute atomic E-state index is 0.459. The van der Waals surface area contributed by atoms with E-state index >= 15 is 0 Å². The molecule has 0 aliphatic rings. The molecule has 3 nitrogen and oxygen atoms in total. The Morgan fingerprint density at radius 1 is 1.15 bits per heavy atom. The van der Waals surface area contributed by atoms with Crippen molar-refractivity contribution in [2.45, 2.75) is 40.2 Å². The molecule has 20 heavy (non-hydrogen) atoms. The second kappa shape index (κ2) is 8.98. The van der Waals surface area contributed by atoms with Gasteiger partial charge in [0.05, 0.1) is 12.7 Å². The van der Waals surface area contributed by atoms with Crippen molar-refractivity contribution >= 4 is 0 Å². The summed E-state index contributed by atoms with van der Waals surface area (Å²) in [5.41, 5.74) is 0.903. The zero-order valence-electron chi connectivity index (χ0n) is 13.3. The van der Waals surface area contributed by atoms with E-state index in [4.69, 9.17) is 4.74 Å². The minimum Gasteiger partial charge on any atom is -0.493 e. The Labute approximate surface area is 123 Å². The summed E-state index contributed by atoms with van der Waals surface area (Å²) in [6.45, 7) is 12.2. The first kappa shape index (κ1) is 17.0.